The fraction of sp³-hybridized carbons (Fsp3) is 0. The average molecular weight is 172 g/mol. The Morgan fingerprint density at radius 3 is 1.12 bits per heavy atom. The first-order valence-electron chi connectivity index (χ1n) is 0.698. The molecule has 0 rings (SSSR count). The summed E-state index contributed by atoms with van der Waals surface area (Å²) >= 11 is 0. The summed E-state index contributed by atoms with van der Waals surface area (Å²) in [6.07, 6.45) is 0. The molecule has 0 aliphatic heterocycles. The molecular weight excluding hydrogens is 167 g/mol. The van der Waals surface area contributed by atoms with Gasteiger partial charge in [-0.3, -0.25) is 9.11 Å². The first-order chi connectivity index (χ1) is 2.00. The van der Waals surface area contributed by atoms with Gasteiger partial charge in [0.25, 0.3) is 0 Å². The Kier molecular flexibility index (Phi) is 23.9. The molecule has 0 aromatic rings. The van der Waals surface area contributed by atoms with E-state index in [-0.39, 0.29) is 63.8 Å². The molecule has 8 heavy (non-hydrogen) atoms. The van der Waals surface area contributed by atoms with E-state index in [1.54, 1.807) is 0 Å². The molecule has 0 amide bonds. The van der Waals surface area contributed by atoms with Crippen LogP contribution in [0.25, 0.3) is 0 Å². The summed E-state index contributed by atoms with van der Waals surface area (Å²) in [6, 6.07) is 0. The molecule has 0 aliphatic carbocycles. The molecule has 0 heterocycles. The zero-order valence-corrected chi connectivity index (χ0v) is 7.95. The van der Waals surface area contributed by atoms with Gasteiger partial charge in [0.15, 0.2) is 0 Å². The van der Waals surface area contributed by atoms with E-state index < -0.39 is 10.4 Å². The quantitative estimate of drug-likeness (QED) is 0.283. The van der Waals surface area contributed by atoms with Crippen molar-refractivity contribution in [1.82, 2.24) is 0 Å². The van der Waals surface area contributed by atoms with Gasteiger partial charge in [0.05, 0.1) is 0 Å². The van der Waals surface area contributed by atoms with E-state index in [0.29, 0.717) is 0 Å². The third-order valence-electron chi connectivity index (χ3n) is 0. The van der Waals surface area contributed by atoms with E-state index in [2.05, 4.69) is 0 Å². The molecule has 0 spiro atoms. The standard InChI is InChI=1S/K.H2O4S.2H2O/c;1-5(2,3)4;;/h;(H2,1,2,3,4);2*1H2/q+1;;;/p-1. The maximum absolute atomic E-state index is 8.74. The normalized spacial score (nSPS) is 7.25. The summed E-state index contributed by atoms with van der Waals surface area (Å²) in [6.45, 7) is 0. The van der Waals surface area contributed by atoms with Crippen molar-refractivity contribution in [2.45, 2.75) is 0 Å². The summed E-state index contributed by atoms with van der Waals surface area (Å²) in [5.74, 6) is 0. The third kappa shape index (κ3) is 151. The fourth-order valence-corrected chi connectivity index (χ4v) is 0. The monoisotopic (exact) mass is 172 g/mol. The van der Waals surface area contributed by atoms with E-state index in [0.717, 1.165) is 0 Å². The predicted octanol–water partition coefficient (Wildman–Crippen LogP) is -3.89. The van der Waals surface area contributed by atoms with E-state index in [9.17, 15) is 0 Å². The molecule has 0 unspecified atom stereocenters. The Hall–Kier alpha value is 1.43. The van der Waals surface area contributed by atoms with E-state index in [1.807, 2.05) is 0 Å². The van der Waals surface area contributed by atoms with Crippen molar-refractivity contribution in [1.29, 1.82) is 0 Å². The zero-order valence-electron chi connectivity index (χ0n) is 5.01. The first kappa shape index (κ1) is 22.7. The minimum Gasteiger partial charge on any atom is -0.870 e. The van der Waals surface area contributed by atoms with Crippen molar-refractivity contribution in [2.24, 2.45) is 0 Å². The Balaban J connectivity index is -0.0000000133. The van der Waals surface area contributed by atoms with Crippen LogP contribution in [-0.4, -0.2) is 28.5 Å². The van der Waals surface area contributed by atoms with E-state index >= 15 is 0 Å². The van der Waals surface area contributed by atoms with Gasteiger partial charge in [-0.15, -0.1) is 0 Å². The second kappa shape index (κ2) is 8.43. The summed E-state index contributed by atoms with van der Waals surface area (Å²) in [7, 11) is -4.67. The van der Waals surface area contributed by atoms with Crippen molar-refractivity contribution in [3.05, 3.63) is 0 Å². The Labute approximate surface area is 90.4 Å². The SMILES string of the molecule is O=S(=O)(O)O.[H+].[K+].[OH-].[OH-]. The smallest absolute Gasteiger partial charge is 0.870 e. The molecule has 0 aromatic heterocycles. The second-order valence-electron chi connectivity index (χ2n) is 0.448. The summed E-state index contributed by atoms with van der Waals surface area (Å²) in [5, 5.41) is 0. The molecule has 48 valence electrons. The molecule has 4 N–H and O–H groups in total. The second-order valence-corrected chi connectivity index (χ2v) is 1.34. The first-order valence-corrected chi connectivity index (χ1v) is 2.10. The van der Waals surface area contributed by atoms with Gasteiger partial charge in [-0.2, -0.15) is 8.42 Å². The third-order valence-corrected chi connectivity index (χ3v) is 0. The van der Waals surface area contributed by atoms with Crippen LogP contribution in [0.15, 0.2) is 0 Å². The average Bonchev–Trinajstić information content (AvgIpc) is 0.722. The Morgan fingerprint density at radius 2 is 1.12 bits per heavy atom. The molecule has 0 radical (unpaired) electrons. The minimum absolute atomic E-state index is 0. The van der Waals surface area contributed by atoms with Gasteiger partial charge in [-0.25, -0.2) is 0 Å². The van der Waals surface area contributed by atoms with Gasteiger partial charge >= 0.3 is 63.2 Å². The van der Waals surface area contributed by atoms with Crippen LogP contribution in [0.2, 0.25) is 0 Å². The van der Waals surface area contributed by atoms with Crippen molar-refractivity contribution in [3.8, 4) is 0 Å². The molecular formula is H5KO6S. The predicted molar refractivity (Wildman–Crippen MR) is 19.2 cm³/mol. The van der Waals surface area contributed by atoms with Gasteiger partial charge in [0.1, 0.15) is 0 Å². The summed E-state index contributed by atoms with van der Waals surface area (Å²) in [4.78, 5) is 0. The molecule has 0 saturated heterocycles. The fourth-order valence-electron chi connectivity index (χ4n) is 0. The Morgan fingerprint density at radius 1 is 1.12 bits per heavy atom. The van der Waals surface area contributed by atoms with Crippen molar-refractivity contribution in [3.63, 3.8) is 0 Å². The maximum atomic E-state index is 8.74. The van der Waals surface area contributed by atoms with Crippen LogP contribution in [0.1, 0.15) is 1.43 Å². The number of hydrogen-bond acceptors (Lipinski definition) is 4. The summed E-state index contributed by atoms with van der Waals surface area (Å²) in [5.41, 5.74) is 0. The molecule has 0 atom stereocenters. The van der Waals surface area contributed by atoms with Gasteiger partial charge in [0, 0.05) is 0 Å². The molecule has 0 saturated carbocycles. The summed E-state index contributed by atoms with van der Waals surface area (Å²) < 4.78 is 31.6. The van der Waals surface area contributed by atoms with E-state index in [1.165, 1.54) is 0 Å². The van der Waals surface area contributed by atoms with Crippen molar-refractivity contribution >= 4 is 10.4 Å². The van der Waals surface area contributed by atoms with Gasteiger partial charge < -0.3 is 11.0 Å². The number of rotatable bonds is 0. The van der Waals surface area contributed by atoms with E-state index in [4.69, 9.17) is 17.5 Å². The van der Waals surface area contributed by atoms with Crippen LogP contribution in [0.3, 0.4) is 0 Å². The molecule has 0 aliphatic rings. The Bertz CT molecular complexity index is 96.2. The van der Waals surface area contributed by atoms with Crippen molar-refractivity contribution < 1.29 is 81.3 Å². The van der Waals surface area contributed by atoms with Crippen LogP contribution < -0.4 is 51.4 Å². The van der Waals surface area contributed by atoms with Gasteiger partial charge in [0.2, 0.25) is 0 Å². The maximum Gasteiger partial charge on any atom is 1.00 e. The topological polar surface area (TPSA) is 135 Å². The van der Waals surface area contributed by atoms with Crippen molar-refractivity contribution in [2.75, 3.05) is 0 Å². The minimum atomic E-state index is -4.67. The molecule has 6 nitrogen and oxygen atoms in total. The zero-order chi connectivity index (χ0) is 4.50. The largest absolute Gasteiger partial charge is 1.00 e. The molecule has 0 fully saturated rings. The molecule has 0 aromatic carbocycles. The number of hydrogen-bond donors (Lipinski definition) is 2. The van der Waals surface area contributed by atoms with Gasteiger partial charge in [-0.1, -0.05) is 0 Å². The van der Waals surface area contributed by atoms with Crippen LogP contribution in [0.4, 0.5) is 0 Å². The van der Waals surface area contributed by atoms with Crippen LogP contribution in [0, 0.1) is 0 Å². The van der Waals surface area contributed by atoms with Gasteiger partial charge in [-0.05, 0) is 0 Å². The van der Waals surface area contributed by atoms with Crippen LogP contribution >= 0.6 is 0 Å². The molecule has 0 bridgehead atoms. The van der Waals surface area contributed by atoms with Crippen LogP contribution in [-0.2, 0) is 10.4 Å². The van der Waals surface area contributed by atoms with Crippen LogP contribution in [0.5, 0.6) is 0 Å². The molecule has 8 heteroatoms.